The third-order valence-electron chi connectivity index (χ3n) is 4.57. The van der Waals surface area contributed by atoms with E-state index in [4.69, 9.17) is 0 Å². The van der Waals surface area contributed by atoms with Gasteiger partial charge in [0.2, 0.25) is 0 Å². The number of amides is 1. The maximum Gasteiger partial charge on any atom is 0.254 e. The molecule has 0 saturated heterocycles. The monoisotopic (exact) mass is 346 g/mol. The molecule has 1 atom stereocenters. The maximum atomic E-state index is 13.4. The Morgan fingerprint density at radius 2 is 1.60 bits per heavy atom. The molecule has 0 bridgehead atoms. The highest BCUT2D eigenvalue weighted by Gasteiger charge is 2.20. The van der Waals surface area contributed by atoms with Crippen LogP contribution in [-0.2, 0) is 0 Å². The second-order valence-corrected chi connectivity index (χ2v) is 5.98. The SMILES string of the molecule is CCN(CC)c1ccc(C(=O)N(C)C(C)c2ccc(F)c(F)c2)cc1. The van der Waals surface area contributed by atoms with E-state index in [1.807, 2.05) is 12.1 Å². The van der Waals surface area contributed by atoms with Crippen LogP contribution in [0.5, 0.6) is 0 Å². The standard InChI is InChI=1S/C20H24F2N2O/c1-5-24(6-2)17-10-7-15(8-11-17)20(25)23(4)14(3)16-9-12-18(21)19(22)13-16/h7-14H,5-6H2,1-4H3. The number of benzene rings is 2. The number of hydrogen-bond acceptors (Lipinski definition) is 2. The van der Waals surface area contributed by atoms with Crippen molar-refractivity contribution in [3.05, 3.63) is 65.2 Å². The Labute approximate surface area is 147 Å². The molecule has 0 aliphatic rings. The molecule has 2 aromatic carbocycles. The average Bonchev–Trinajstić information content (AvgIpc) is 2.63. The fourth-order valence-corrected chi connectivity index (χ4v) is 2.78. The fraction of sp³-hybridized carbons (Fsp3) is 0.350. The van der Waals surface area contributed by atoms with Crippen LogP contribution in [0, 0.1) is 11.6 Å². The Morgan fingerprint density at radius 1 is 1.00 bits per heavy atom. The molecule has 0 radical (unpaired) electrons. The van der Waals surface area contributed by atoms with E-state index in [0.29, 0.717) is 11.1 Å². The molecular weight excluding hydrogens is 322 g/mol. The Bertz CT molecular complexity index is 727. The second kappa shape index (κ2) is 8.10. The first-order chi connectivity index (χ1) is 11.9. The minimum Gasteiger partial charge on any atom is -0.372 e. The molecule has 1 unspecified atom stereocenters. The van der Waals surface area contributed by atoms with Crippen LogP contribution >= 0.6 is 0 Å². The maximum absolute atomic E-state index is 13.4. The predicted octanol–water partition coefficient (Wildman–Crippen LogP) is 4.64. The molecule has 0 aromatic heterocycles. The van der Waals surface area contributed by atoms with Crippen LogP contribution in [0.2, 0.25) is 0 Å². The van der Waals surface area contributed by atoms with Crippen molar-refractivity contribution >= 4 is 11.6 Å². The van der Waals surface area contributed by atoms with Crippen molar-refractivity contribution in [1.29, 1.82) is 0 Å². The lowest BCUT2D eigenvalue weighted by Gasteiger charge is -2.26. The molecule has 0 N–H and O–H groups in total. The molecule has 2 rings (SSSR count). The molecule has 0 aliphatic heterocycles. The van der Waals surface area contributed by atoms with Crippen molar-refractivity contribution in [3.8, 4) is 0 Å². The van der Waals surface area contributed by atoms with Gasteiger partial charge in [0.15, 0.2) is 11.6 Å². The number of carbonyl (C=O) groups excluding carboxylic acids is 1. The summed E-state index contributed by atoms with van der Waals surface area (Å²) in [5, 5.41) is 0. The van der Waals surface area contributed by atoms with Gasteiger partial charge in [0.1, 0.15) is 0 Å². The lowest BCUT2D eigenvalue weighted by Crippen LogP contribution is -2.30. The Morgan fingerprint density at radius 3 is 2.12 bits per heavy atom. The van der Waals surface area contributed by atoms with E-state index >= 15 is 0 Å². The van der Waals surface area contributed by atoms with Crippen LogP contribution in [0.1, 0.15) is 42.7 Å². The lowest BCUT2D eigenvalue weighted by molar-refractivity contribution is 0.0742. The minimum atomic E-state index is -0.909. The van der Waals surface area contributed by atoms with Crippen LogP contribution < -0.4 is 4.90 Å². The summed E-state index contributed by atoms with van der Waals surface area (Å²) in [6, 6.07) is 10.8. The third kappa shape index (κ3) is 4.16. The van der Waals surface area contributed by atoms with Gasteiger partial charge in [0.05, 0.1) is 6.04 Å². The van der Waals surface area contributed by atoms with Crippen molar-refractivity contribution < 1.29 is 13.6 Å². The molecule has 5 heteroatoms. The Balaban J connectivity index is 2.17. The summed E-state index contributed by atoms with van der Waals surface area (Å²) < 4.78 is 26.5. The van der Waals surface area contributed by atoms with E-state index in [1.165, 1.54) is 11.0 Å². The van der Waals surface area contributed by atoms with Crippen LogP contribution in [0.4, 0.5) is 14.5 Å². The highest BCUT2D eigenvalue weighted by Crippen LogP contribution is 2.23. The van der Waals surface area contributed by atoms with Crippen LogP contribution in [0.3, 0.4) is 0 Å². The second-order valence-electron chi connectivity index (χ2n) is 5.98. The number of halogens is 2. The van der Waals surface area contributed by atoms with Crippen LogP contribution in [0.15, 0.2) is 42.5 Å². The smallest absolute Gasteiger partial charge is 0.254 e. The van der Waals surface area contributed by atoms with Gasteiger partial charge in [-0.25, -0.2) is 8.78 Å². The van der Waals surface area contributed by atoms with Gasteiger partial charge in [0.25, 0.3) is 5.91 Å². The summed E-state index contributed by atoms with van der Waals surface area (Å²) in [6.45, 7) is 7.75. The third-order valence-corrected chi connectivity index (χ3v) is 4.57. The number of carbonyl (C=O) groups is 1. The van der Waals surface area contributed by atoms with Crippen LogP contribution in [-0.4, -0.2) is 30.9 Å². The van der Waals surface area contributed by atoms with Crippen molar-refractivity contribution in [2.75, 3.05) is 25.0 Å². The Kier molecular flexibility index (Phi) is 6.12. The number of nitrogens with zero attached hydrogens (tertiary/aromatic N) is 2. The van der Waals surface area contributed by atoms with Crippen molar-refractivity contribution in [1.82, 2.24) is 4.90 Å². The van der Waals surface area contributed by atoms with E-state index in [9.17, 15) is 13.6 Å². The first-order valence-electron chi connectivity index (χ1n) is 8.46. The summed E-state index contributed by atoms with van der Waals surface area (Å²) in [4.78, 5) is 16.4. The number of hydrogen-bond donors (Lipinski definition) is 0. The molecular formula is C20H24F2N2O. The molecule has 0 heterocycles. The molecule has 134 valence electrons. The van der Waals surface area contributed by atoms with E-state index in [2.05, 4.69) is 18.7 Å². The van der Waals surface area contributed by atoms with E-state index in [0.717, 1.165) is 30.9 Å². The summed E-state index contributed by atoms with van der Waals surface area (Å²) in [6.07, 6.45) is 0. The van der Waals surface area contributed by atoms with Crippen LogP contribution in [0.25, 0.3) is 0 Å². The zero-order valence-corrected chi connectivity index (χ0v) is 15.1. The highest BCUT2D eigenvalue weighted by atomic mass is 19.2. The predicted molar refractivity (Wildman–Crippen MR) is 96.9 cm³/mol. The van der Waals surface area contributed by atoms with Gasteiger partial charge in [0, 0.05) is 31.4 Å². The summed E-state index contributed by atoms with van der Waals surface area (Å²) >= 11 is 0. The zero-order valence-electron chi connectivity index (χ0n) is 15.1. The molecule has 0 spiro atoms. The fourth-order valence-electron chi connectivity index (χ4n) is 2.78. The van der Waals surface area contributed by atoms with Gasteiger partial charge in [-0.15, -0.1) is 0 Å². The topological polar surface area (TPSA) is 23.6 Å². The first kappa shape index (κ1) is 18.9. The summed E-state index contributed by atoms with van der Waals surface area (Å²) in [5.41, 5.74) is 2.18. The van der Waals surface area contributed by atoms with E-state index in [1.54, 1.807) is 26.1 Å². The van der Waals surface area contributed by atoms with Gasteiger partial charge in [-0.1, -0.05) is 6.07 Å². The van der Waals surface area contributed by atoms with Gasteiger partial charge >= 0.3 is 0 Å². The summed E-state index contributed by atoms with van der Waals surface area (Å²) in [7, 11) is 1.66. The van der Waals surface area contributed by atoms with Gasteiger partial charge in [-0.2, -0.15) is 0 Å². The van der Waals surface area contributed by atoms with E-state index < -0.39 is 11.6 Å². The minimum absolute atomic E-state index is 0.164. The van der Waals surface area contributed by atoms with Gasteiger partial charge in [-0.05, 0) is 62.7 Å². The van der Waals surface area contributed by atoms with Crippen molar-refractivity contribution in [2.45, 2.75) is 26.8 Å². The molecule has 3 nitrogen and oxygen atoms in total. The molecule has 1 amide bonds. The first-order valence-corrected chi connectivity index (χ1v) is 8.46. The van der Waals surface area contributed by atoms with E-state index in [-0.39, 0.29) is 11.9 Å². The molecule has 2 aromatic rings. The summed E-state index contributed by atoms with van der Waals surface area (Å²) in [5.74, 6) is -1.96. The quantitative estimate of drug-likeness (QED) is 0.760. The lowest BCUT2D eigenvalue weighted by atomic mass is 10.1. The highest BCUT2D eigenvalue weighted by molar-refractivity contribution is 5.94. The number of rotatable bonds is 6. The van der Waals surface area contributed by atoms with Crippen molar-refractivity contribution in [3.63, 3.8) is 0 Å². The Hall–Kier alpha value is -2.43. The number of anilines is 1. The molecule has 0 aliphatic carbocycles. The van der Waals surface area contributed by atoms with Gasteiger partial charge < -0.3 is 9.80 Å². The average molecular weight is 346 g/mol. The van der Waals surface area contributed by atoms with Crippen molar-refractivity contribution in [2.24, 2.45) is 0 Å². The molecule has 0 saturated carbocycles. The zero-order chi connectivity index (χ0) is 18.6. The van der Waals surface area contributed by atoms with Gasteiger partial charge in [-0.3, -0.25) is 4.79 Å². The normalized spacial score (nSPS) is 11.9. The molecule has 25 heavy (non-hydrogen) atoms. The molecule has 0 fully saturated rings. The largest absolute Gasteiger partial charge is 0.372 e.